The van der Waals surface area contributed by atoms with Crippen LogP contribution in [0.15, 0.2) is 0 Å². The van der Waals surface area contributed by atoms with Crippen molar-refractivity contribution in [1.82, 2.24) is 0 Å². The van der Waals surface area contributed by atoms with E-state index in [1.807, 2.05) is 0 Å². The lowest BCUT2D eigenvalue weighted by molar-refractivity contribution is -0.281. The van der Waals surface area contributed by atoms with Crippen LogP contribution in [-0.2, 0) is 9.47 Å². The minimum Gasteiger partial charge on any atom is -0.376 e. The van der Waals surface area contributed by atoms with Crippen LogP contribution in [0, 0.1) is 33.5 Å². The van der Waals surface area contributed by atoms with E-state index in [4.69, 9.17) is 20.0 Å². The van der Waals surface area contributed by atoms with E-state index in [2.05, 4.69) is 39.8 Å². The number of nitriles is 2. The average molecular weight is 250 g/mol. The Morgan fingerprint density at radius 1 is 0.833 bits per heavy atom. The summed E-state index contributed by atoms with van der Waals surface area (Å²) in [5.74, 6) is 0. The van der Waals surface area contributed by atoms with E-state index < -0.39 is 0 Å². The molecule has 0 spiro atoms. The van der Waals surface area contributed by atoms with Gasteiger partial charge in [-0.2, -0.15) is 10.5 Å². The molecule has 4 heteroatoms. The second kappa shape index (κ2) is 5.69. The molecular formula is C14H22N2O2. The van der Waals surface area contributed by atoms with Gasteiger partial charge in [0, 0.05) is 10.8 Å². The van der Waals surface area contributed by atoms with Crippen LogP contribution < -0.4 is 0 Å². The van der Waals surface area contributed by atoms with Gasteiger partial charge in [-0.25, -0.2) is 0 Å². The maximum Gasteiger partial charge on any atom is 0.0727 e. The molecule has 1 fully saturated rings. The Morgan fingerprint density at radius 3 is 1.44 bits per heavy atom. The van der Waals surface area contributed by atoms with E-state index in [-0.39, 0.29) is 23.0 Å². The highest BCUT2D eigenvalue weighted by molar-refractivity contribution is 5.12. The number of nitrogens with zero attached hydrogens (tertiary/aromatic N) is 2. The predicted octanol–water partition coefficient (Wildman–Crippen LogP) is 2.65. The molecule has 1 aliphatic carbocycles. The summed E-state index contributed by atoms with van der Waals surface area (Å²) in [6, 6.07) is 4.17. The summed E-state index contributed by atoms with van der Waals surface area (Å²) in [5, 5.41) is 17.1. The van der Waals surface area contributed by atoms with Gasteiger partial charge in [-0.15, -0.1) is 0 Å². The van der Waals surface area contributed by atoms with Crippen molar-refractivity contribution in [3.8, 4) is 12.1 Å². The van der Waals surface area contributed by atoms with Gasteiger partial charge in [-0.1, -0.05) is 27.7 Å². The molecule has 0 heterocycles. The van der Waals surface area contributed by atoms with Gasteiger partial charge >= 0.3 is 0 Å². The number of ether oxygens (including phenoxy) is 2. The maximum atomic E-state index is 8.54. The highest BCUT2D eigenvalue weighted by Gasteiger charge is 2.63. The second-order valence-corrected chi connectivity index (χ2v) is 5.96. The Bertz CT molecular complexity index is 315. The summed E-state index contributed by atoms with van der Waals surface area (Å²) in [6.45, 7) is 9.41. The van der Waals surface area contributed by atoms with Crippen LogP contribution in [0.2, 0.25) is 0 Å². The van der Waals surface area contributed by atoms with Gasteiger partial charge < -0.3 is 9.47 Å². The summed E-state index contributed by atoms with van der Waals surface area (Å²) in [5.41, 5.74) is -0.150. The molecule has 0 bridgehead atoms. The number of rotatable bonds is 6. The van der Waals surface area contributed by atoms with Gasteiger partial charge in [-0.3, -0.25) is 0 Å². The Balaban J connectivity index is 2.58. The van der Waals surface area contributed by atoms with Gasteiger partial charge in [0.15, 0.2) is 0 Å². The molecular weight excluding hydrogens is 228 g/mol. The molecule has 0 aromatic rings. The summed E-state index contributed by atoms with van der Waals surface area (Å²) >= 11 is 0. The maximum absolute atomic E-state index is 8.54. The van der Waals surface area contributed by atoms with Gasteiger partial charge in [0.1, 0.15) is 0 Å². The fourth-order valence-electron chi connectivity index (χ4n) is 3.40. The molecule has 0 N–H and O–H groups in total. The zero-order valence-corrected chi connectivity index (χ0v) is 11.7. The van der Waals surface area contributed by atoms with E-state index in [1.165, 1.54) is 0 Å². The highest BCUT2D eigenvalue weighted by Crippen LogP contribution is 2.57. The Morgan fingerprint density at radius 2 is 1.17 bits per heavy atom. The minimum atomic E-state index is -0.0750. The van der Waals surface area contributed by atoms with Crippen LogP contribution in [0.25, 0.3) is 0 Å². The molecule has 1 rings (SSSR count). The van der Waals surface area contributed by atoms with Crippen molar-refractivity contribution in [2.45, 2.75) is 52.7 Å². The topological polar surface area (TPSA) is 66.0 Å². The second-order valence-electron chi connectivity index (χ2n) is 5.96. The molecule has 18 heavy (non-hydrogen) atoms. The lowest BCUT2D eigenvalue weighted by atomic mass is 9.51. The van der Waals surface area contributed by atoms with E-state index in [9.17, 15) is 0 Å². The Labute approximate surface area is 109 Å². The van der Waals surface area contributed by atoms with Gasteiger partial charge in [0.25, 0.3) is 0 Å². The molecule has 0 unspecified atom stereocenters. The third-order valence-corrected chi connectivity index (χ3v) is 3.70. The normalized spacial score (nSPS) is 27.9. The minimum absolute atomic E-state index is 0.0750. The van der Waals surface area contributed by atoms with Crippen molar-refractivity contribution < 1.29 is 9.47 Å². The summed E-state index contributed by atoms with van der Waals surface area (Å²) < 4.78 is 11.6. The molecule has 0 aromatic heterocycles. The first kappa shape index (κ1) is 15.0. The molecule has 0 aromatic carbocycles. The van der Waals surface area contributed by atoms with Crippen molar-refractivity contribution in [2.24, 2.45) is 10.8 Å². The van der Waals surface area contributed by atoms with E-state index in [1.54, 1.807) is 0 Å². The molecule has 0 amide bonds. The smallest absolute Gasteiger partial charge is 0.0727 e. The lowest BCUT2D eigenvalue weighted by Crippen LogP contribution is -2.69. The molecule has 0 radical (unpaired) electrons. The SMILES string of the molecule is CC1(C)C(OCCC#N)C(C)(C)C1OCCC#N. The van der Waals surface area contributed by atoms with Crippen LogP contribution in [0.5, 0.6) is 0 Å². The molecule has 100 valence electrons. The van der Waals surface area contributed by atoms with Gasteiger partial charge in [-0.05, 0) is 0 Å². The third kappa shape index (κ3) is 2.66. The summed E-state index contributed by atoms with van der Waals surface area (Å²) in [6.07, 6.45) is 1.02. The molecule has 0 aliphatic heterocycles. The van der Waals surface area contributed by atoms with E-state index >= 15 is 0 Å². The van der Waals surface area contributed by atoms with Crippen molar-refractivity contribution in [1.29, 1.82) is 10.5 Å². The molecule has 1 aliphatic rings. The third-order valence-electron chi connectivity index (χ3n) is 3.70. The summed E-state index contributed by atoms with van der Waals surface area (Å²) in [4.78, 5) is 0. The van der Waals surface area contributed by atoms with Gasteiger partial charge in [0.05, 0.1) is 50.4 Å². The molecule has 0 saturated heterocycles. The zero-order chi connectivity index (χ0) is 13.8. The van der Waals surface area contributed by atoms with Crippen LogP contribution in [-0.4, -0.2) is 25.4 Å². The Kier molecular flexibility index (Phi) is 4.73. The van der Waals surface area contributed by atoms with Crippen LogP contribution in [0.3, 0.4) is 0 Å². The van der Waals surface area contributed by atoms with E-state index in [0.29, 0.717) is 26.1 Å². The molecule has 0 atom stereocenters. The van der Waals surface area contributed by atoms with Crippen molar-refractivity contribution in [2.75, 3.05) is 13.2 Å². The largest absolute Gasteiger partial charge is 0.376 e. The number of hydrogen-bond acceptors (Lipinski definition) is 4. The lowest BCUT2D eigenvalue weighted by Gasteiger charge is -2.62. The van der Waals surface area contributed by atoms with Crippen LogP contribution >= 0.6 is 0 Å². The average Bonchev–Trinajstić information content (AvgIpc) is 2.29. The Hall–Kier alpha value is -1.10. The first-order valence-corrected chi connectivity index (χ1v) is 6.36. The molecule has 1 saturated carbocycles. The monoisotopic (exact) mass is 250 g/mol. The summed E-state index contributed by atoms with van der Waals surface area (Å²) in [7, 11) is 0. The fourth-order valence-corrected chi connectivity index (χ4v) is 3.40. The number of hydrogen-bond donors (Lipinski definition) is 0. The zero-order valence-electron chi connectivity index (χ0n) is 11.7. The van der Waals surface area contributed by atoms with Gasteiger partial charge in [0.2, 0.25) is 0 Å². The quantitative estimate of drug-likeness (QED) is 0.680. The predicted molar refractivity (Wildman–Crippen MR) is 67.5 cm³/mol. The van der Waals surface area contributed by atoms with Crippen molar-refractivity contribution in [3.63, 3.8) is 0 Å². The van der Waals surface area contributed by atoms with E-state index in [0.717, 1.165) is 0 Å². The standard InChI is InChI=1S/C14H22N2O2/c1-13(2)11(17-9-5-7-15)14(3,4)12(13)18-10-6-8-16/h11-12H,5-6,9-10H2,1-4H3. The molecule has 4 nitrogen and oxygen atoms in total. The van der Waals surface area contributed by atoms with Crippen LogP contribution in [0.4, 0.5) is 0 Å². The highest BCUT2D eigenvalue weighted by atomic mass is 16.5. The van der Waals surface area contributed by atoms with Crippen molar-refractivity contribution in [3.05, 3.63) is 0 Å². The van der Waals surface area contributed by atoms with Crippen LogP contribution in [0.1, 0.15) is 40.5 Å². The fraction of sp³-hybridized carbons (Fsp3) is 0.857. The first-order chi connectivity index (χ1) is 8.39. The first-order valence-electron chi connectivity index (χ1n) is 6.36. The van der Waals surface area contributed by atoms with Crippen molar-refractivity contribution >= 4 is 0 Å².